The van der Waals surface area contributed by atoms with Gasteiger partial charge in [-0.1, -0.05) is 6.92 Å². The van der Waals surface area contributed by atoms with Crippen LogP contribution in [0, 0.1) is 5.41 Å². The molecule has 1 N–H and O–H groups in total. The number of hydrogen-bond acceptors (Lipinski definition) is 3. The Labute approximate surface area is 116 Å². The Balaban J connectivity index is 1.80. The van der Waals surface area contributed by atoms with Crippen LogP contribution in [0.25, 0.3) is 0 Å². The van der Waals surface area contributed by atoms with Crippen molar-refractivity contribution in [2.75, 3.05) is 32.8 Å². The van der Waals surface area contributed by atoms with Gasteiger partial charge >= 0.3 is 0 Å². The molecule has 0 bridgehead atoms. The third-order valence-electron chi connectivity index (χ3n) is 5.01. The monoisotopic (exact) mass is 268 g/mol. The second-order valence-corrected chi connectivity index (χ2v) is 6.20. The molecule has 1 aliphatic carbocycles. The smallest absolute Gasteiger partial charge is 0.236 e. The van der Waals surface area contributed by atoms with E-state index in [1.807, 2.05) is 4.90 Å². The van der Waals surface area contributed by atoms with Crippen molar-refractivity contribution in [1.82, 2.24) is 9.80 Å². The highest BCUT2D eigenvalue weighted by Gasteiger charge is 2.35. The van der Waals surface area contributed by atoms with E-state index < -0.39 is 0 Å². The normalized spacial score (nSPS) is 23.3. The second kappa shape index (κ2) is 6.23. The van der Waals surface area contributed by atoms with Gasteiger partial charge in [0, 0.05) is 19.2 Å². The molecule has 1 aliphatic heterocycles. The molecule has 0 radical (unpaired) electrons. The minimum absolute atomic E-state index is 0.112. The van der Waals surface area contributed by atoms with E-state index in [9.17, 15) is 9.90 Å². The standard InChI is InChI=1S/C15H28N2O2/c1-3-15(12-18)7-9-16(10-8-15)11-14(19)17(4-2)13-5-6-13/h13,18H,3-12H2,1-2H3. The Morgan fingerprint density at radius 1 is 1.32 bits per heavy atom. The summed E-state index contributed by atoms with van der Waals surface area (Å²) in [6, 6.07) is 0.523. The Morgan fingerprint density at radius 2 is 1.95 bits per heavy atom. The van der Waals surface area contributed by atoms with Gasteiger partial charge in [-0.3, -0.25) is 9.69 Å². The van der Waals surface area contributed by atoms with Crippen molar-refractivity contribution in [3.05, 3.63) is 0 Å². The van der Waals surface area contributed by atoms with Gasteiger partial charge in [-0.15, -0.1) is 0 Å². The van der Waals surface area contributed by atoms with Crippen molar-refractivity contribution in [3.8, 4) is 0 Å². The predicted octanol–water partition coefficient (Wildman–Crippen LogP) is 1.48. The van der Waals surface area contributed by atoms with Gasteiger partial charge in [0.05, 0.1) is 6.54 Å². The molecule has 1 heterocycles. The number of hydrogen-bond donors (Lipinski definition) is 1. The predicted molar refractivity (Wildman–Crippen MR) is 75.9 cm³/mol. The molecular formula is C15H28N2O2. The summed E-state index contributed by atoms with van der Waals surface area (Å²) in [6.07, 6.45) is 5.44. The van der Waals surface area contributed by atoms with E-state index in [2.05, 4.69) is 18.7 Å². The number of aliphatic hydroxyl groups excluding tert-OH is 1. The van der Waals surface area contributed by atoms with Crippen LogP contribution < -0.4 is 0 Å². The number of carbonyl (C=O) groups is 1. The summed E-state index contributed by atoms with van der Waals surface area (Å²) in [5.74, 6) is 0.290. The summed E-state index contributed by atoms with van der Waals surface area (Å²) >= 11 is 0. The van der Waals surface area contributed by atoms with E-state index in [1.54, 1.807) is 0 Å². The number of aliphatic hydroxyl groups is 1. The Kier molecular flexibility index (Phi) is 4.85. The van der Waals surface area contributed by atoms with E-state index in [0.717, 1.165) is 38.9 Å². The minimum Gasteiger partial charge on any atom is -0.396 e. The Bertz CT molecular complexity index is 301. The molecule has 1 amide bonds. The van der Waals surface area contributed by atoms with Crippen molar-refractivity contribution < 1.29 is 9.90 Å². The third kappa shape index (κ3) is 3.48. The zero-order valence-electron chi connectivity index (χ0n) is 12.4. The van der Waals surface area contributed by atoms with Gasteiger partial charge in [-0.05, 0) is 57.5 Å². The number of likely N-dealkylation sites (tertiary alicyclic amines) is 1. The number of nitrogens with zero attached hydrogens (tertiary/aromatic N) is 2. The van der Waals surface area contributed by atoms with Gasteiger partial charge in [-0.2, -0.15) is 0 Å². The maximum atomic E-state index is 12.3. The highest BCUT2D eigenvalue weighted by atomic mass is 16.3. The number of likely N-dealkylation sites (N-methyl/N-ethyl adjacent to an activating group) is 1. The SMILES string of the molecule is CCN(C(=O)CN1CCC(CC)(CO)CC1)C1CC1. The fraction of sp³-hybridized carbons (Fsp3) is 0.933. The molecule has 2 fully saturated rings. The van der Waals surface area contributed by atoms with Crippen LogP contribution in [0.5, 0.6) is 0 Å². The molecule has 4 heteroatoms. The average molecular weight is 268 g/mol. The molecule has 0 aromatic carbocycles. The van der Waals surface area contributed by atoms with E-state index in [-0.39, 0.29) is 17.9 Å². The number of amides is 1. The second-order valence-electron chi connectivity index (χ2n) is 6.20. The lowest BCUT2D eigenvalue weighted by atomic mass is 9.77. The van der Waals surface area contributed by atoms with E-state index in [1.165, 1.54) is 12.8 Å². The summed E-state index contributed by atoms with van der Waals surface area (Å²) in [5.41, 5.74) is 0.112. The van der Waals surface area contributed by atoms with E-state index in [0.29, 0.717) is 12.6 Å². The molecule has 19 heavy (non-hydrogen) atoms. The number of rotatable bonds is 6. The summed E-state index contributed by atoms with van der Waals surface area (Å²) in [5, 5.41) is 9.52. The first-order valence-electron chi connectivity index (χ1n) is 7.77. The van der Waals surface area contributed by atoms with Crippen LogP contribution in [0.4, 0.5) is 0 Å². The number of carbonyl (C=O) groups excluding carboxylic acids is 1. The molecule has 1 saturated heterocycles. The quantitative estimate of drug-likeness (QED) is 0.793. The topological polar surface area (TPSA) is 43.8 Å². The van der Waals surface area contributed by atoms with Crippen LogP contribution in [-0.2, 0) is 4.79 Å². The number of piperidine rings is 1. The maximum Gasteiger partial charge on any atom is 0.236 e. The Morgan fingerprint density at radius 3 is 2.37 bits per heavy atom. The molecule has 2 rings (SSSR count). The minimum atomic E-state index is 0.112. The highest BCUT2D eigenvalue weighted by Crippen LogP contribution is 2.34. The molecule has 0 aromatic heterocycles. The molecule has 1 saturated carbocycles. The van der Waals surface area contributed by atoms with Crippen LogP contribution >= 0.6 is 0 Å². The van der Waals surface area contributed by atoms with Crippen LogP contribution in [0.3, 0.4) is 0 Å². The lowest BCUT2D eigenvalue weighted by Gasteiger charge is -2.40. The fourth-order valence-electron chi connectivity index (χ4n) is 3.12. The lowest BCUT2D eigenvalue weighted by Crippen LogP contribution is -2.47. The van der Waals surface area contributed by atoms with Gasteiger partial charge in [0.2, 0.25) is 5.91 Å². The van der Waals surface area contributed by atoms with Gasteiger partial charge < -0.3 is 10.0 Å². The molecule has 0 unspecified atom stereocenters. The van der Waals surface area contributed by atoms with Crippen LogP contribution in [0.1, 0.15) is 46.0 Å². The Hall–Kier alpha value is -0.610. The molecule has 4 nitrogen and oxygen atoms in total. The van der Waals surface area contributed by atoms with Crippen LogP contribution in [0.15, 0.2) is 0 Å². The summed E-state index contributed by atoms with van der Waals surface area (Å²) in [4.78, 5) is 16.6. The molecule has 0 spiro atoms. The van der Waals surface area contributed by atoms with Gasteiger partial charge in [0.1, 0.15) is 0 Å². The lowest BCUT2D eigenvalue weighted by molar-refractivity contribution is -0.133. The molecule has 0 atom stereocenters. The zero-order valence-corrected chi connectivity index (χ0v) is 12.4. The highest BCUT2D eigenvalue weighted by molar-refractivity contribution is 5.78. The largest absolute Gasteiger partial charge is 0.396 e. The first-order valence-corrected chi connectivity index (χ1v) is 7.77. The molecular weight excluding hydrogens is 240 g/mol. The summed E-state index contributed by atoms with van der Waals surface area (Å²) in [7, 11) is 0. The molecule has 110 valence electrons. The summed E-state index contributed by atoms with van der Waals surface area (Å²) < 4.78 is 0. The summed E-state index contributed by atoms with van der Waals surface area (Å²) in [6.45, 7) is 7.81. The van der Waals surface area contributed by atoms with Gasteiger partial charge in [0.15, 0.2) is 0 Å². The van der Waals surface area contributed by atoms with Crippen molar-refractivity contribution >= 4 is 5.91 Å². The third-order valence-corrected chi connectivity index (χ3v) is 5.01. The maximum absolute atomic E-state index is 12.3. The van der Waals surface area contributed by atoms with Crippen LogP contribution in [-0.4, -0.2) is 59.6 Å². The molecule has 2 aliphatic rings. The van der Waals surface area contributed by atoms with E-state index in [4.69, 9.17) is 0 Å². The molecule has 0 aromatic rings. The van der Waals surface area contributed by atoms with Crippen LogP contribution in [0.2, 0.25) is 0 Å². The van der Waals surface area contributed by atoms with Crippen molar-refractivity contribution in [2.24, 2.45) is 5.41 Å². The van der Waals surface area contributed by atoms with E-state index >= 15 is 0 Å². The van der Waals surface area contributed by atoms with Crippen molar-refractivity contribution in [1.29, 1.82) is 0 Å². The van der Waals surface area contributed by atoms with Gasteiger partial charge in [0.25, 0.3) is 0 Å². The fourth-order valence-corrected chi connectivity index (χ4v) is 3.12. The van der Waals surface area contributed by atoms with Crippen molar-refractivity contribution in [2.45, 2.75) is 52.0 Å². The first kappa shape index (κ1) is 14.8. The zero-order chi connectivity index (χ0) is 13.9. The van der Waals surface area contributed by atoms with Crippen molar-refractivity contribution in [3.63, 3.8) is 0 Å². The average Bonchev–Trinajstić information content (AvgIpc) is 3.25. The first-order chi connectivity index (χ1) is 9.14. The van der Waals surface area contributed by atoms with Gasteiger partial charge in [-0.25, -0.2) is 0 Å².